The van der Waals surface area contributed by atoms with Crippen molar-refractivity contribution in [2.75, 3.05) is 0 Å². The summed E-state index contributed by atoms with van der Waals surface area (Å²) >= 11 is 0. The highest BCUT2D eigenvalue weighted by atomic mass is 19.1. The molecule has 0 atom stereocenters. The zero-order chi connectivity index (χ0) is 11.3. The molecule has 4 nitrogen and oxygen atoms in total. The summed E-state index contributed by atoms with van der Waals surface area (Å²) in [6, 6.07) is 1.02. The van der Waals surface area contributed by atoms with Crippen LogP contribution in [0, 0.1) is 12.0 Å². The van der Waals surface area contributed by atoms with Crippen molar-refractivity contribution in [3.8, 4) is 5.82 Å². The molecule has 6 heteroatoms. The van der Waals surface area contributed by atoms with Gasteiger partial charge in [0.15, 0.2) is 0 Å². The van der Waals surface area contributed by atoms with Crippen LogP contribution in [0.5, 0.6) is 0 Å². The van der Waals surface area contributed by atoms with Crippen molar-refractivity contribution < 1.29 is 8.78 Å². The van der Waals surface area contributed by atoms with Crippen LogP contribution < -0.4 is 0 Å². The highest BCUT2D eigenvalue weighted by Gasteiger charge is 2.04. The molecule has 2 aromatic heterocycles. The van der Waals surface area contributed by atoms with Crippen LogP contribution >= 0.6 is 0 Å². The van der Waals surface area contributed by atoms with Crippen molar-refractivity contribution in [1.82, 2.24) is 19.5 Å². The first-order valence-electron chi connectivity index (χ1n) is 4.44. The molecule has 0 saturated carbocycles. The molecule has 2 rings (SSSR count). The molecule has 0 unspecified atom stereocenters. The standard InChI is InChI=1S/C7H4F2N4.C2H6/c8-5-3-6(12-7(9)11-5)13-2-1-10-4-13;1-2/h1-4H;1-2H3. The van der Waals surface area contributed by atoms with Gasteiger partial charge in [0.1, 0.15) is 12.1 Å². The van der Waals surface area contributed by atoms with Gasteiger partial charge in [0, 0.05) is 18.5 Å². The maximum atomic E-state index is 12.6. The zero-order valence-corrected chi connectivity index (χ0v) is 8.35. The van der Waals surface area contributed by atoms with E-state index in [1.54, 1.807) is 0 Å². The summed E-state index contributed by atoms with van der Waals surface area (Å²) in [6.45, 7) is 4.00. The quantitative estimate of drug-likeness (QED) is 0.536. The average molecular weight is 212 g/mol. The predicted molar refractivity (Wildman–Crippen MR) is 50.4 cm³/mol. The molecule has 0 bridgehead atoms. The van der Waals surface area contributed by atoms with Gasteiger partial charge in [0.05, 0.1) is 0 Å². The fourth-order valence-electron chi connectivity index (χ4n) is 0.906. The molecule has 0 aliphatic carbocycles. The second kappa shape index (κ2) is 5.14. The van der Waals surface area contributed by atoms with E-state index in [1.807, 2.05) is 13.8 Å². The lowest BCUT2D eigenvalue weighted by molar-refractivity contribution is 0.480. The van der Waals surface area contributed by atoms with Crippen molar-refractivity contribution in [3.63, 3.8) is 0 Å². The van der Waals surface area contributed by atoms with Gasteiger partial charge in [0.25, 0.3) is 0 Å². The van der Waals surface area contributed by atoms with Gasteiger partial charge in [-0.1, -0.05) is 13.8 Å². The first-order chi connectivity index (χ1) is 7.25. The Morgan fingerprint density at radius 1 is 1.20 bits per heavy atom. The largest absolute Gasteiger partial charge is 0.313 e. The van der Waals surface area contributed by atoms with Gasteiger partial charge in [-0.05, 0) is 0 Å². The third-order valence-corrected chi connectivity index (χ3v) is 1.42. The van der Waals surface area contributed by atoms with Crippen LogP contribution in [-0.2, 0) is 0 Å². The van der Waals surface area contributed by atoms with Crippen LogP contribution in [0.4, 0.5) is 8.78 Å². The maximum Gasteiger partial charge on any atom is 0.313 e. The first-order valence-corrected chi connectivity index (χ1v) is 4.44. The molecular weight excluding hydrogens is 202 g/mol. The van der Waals surface area contributed by atoms with E-state index in [0.717, 1.165) is 6.07 Å². The summed E-state index contributed by atoms with van der Waals surface area (Å²) in [5, 5.41) is 0. The number of hydrogen-bond donors (Lipinski definition) is 0. The lowest BCUT2D eigenvalue weighted by Gasteiger charge is -1.99. The number of nitrogens with zero attached hydrogens (tertiary/aromatic N) is 4. The van der Waals surface area contributed by atoms with E-state index in [4.69, 9.17) is 0 Å². The highest BCUT2D eigenvalue weighted by Crippen LogP contribution is 2.04. The normalized spacial score (nSPS) is 9.33. The molecule has 0 aromatic carbocycles. The van der Waals surface area contributed by atoms with Crippen LogP contribution in [0.25, 0.3) is 5.82 Å². The van der Waals surface area contributed by atoms with E-state index in [2.05, 4.69) is 15.0 Å². The molecule has 15 heavy (non-hydrogen) atoms. The number of rotatable bonds is 1. The van der Waals surface area contributed by atoms with E-state index < -0.39 is 12.0 Å². The van der Waals surface area contributed by atoms with Crippen molar-refractivity contribution in [2.24, 2.45) is 0 Å². The van der Waals surface area contributed by atoms with E-state index in [0.29, 0.717) is 0 Å². The summed E-state index contributed by atoms with van der Waals surface area (Å²) < 4.78 is 26.5. The van der Waals surface area contributed by atoms with Gasteiger partial charge < -0.3 is 0 Å². The molecule has 0 aliphatic heterocycles. The second-order valence-corrected chi connectivity index (χ2v) is 2.29. The SMILES string of the molecule is CC.Fc1cc(-n2ccnc2)nc(F)n1. The fraction of sp³-hybridized carbons (Fsp3) is 0.222. The Kier molecular flexibility index (Phi) is 3.84. The van der Waals surface area contributed by atoms with Crippen LogP contribution in [0.3, 0.4) is 0 Å². The third kappa shape index (κ3) is 2.80. The van der Waals surface area contributed by atoms with Crippen LogP contribution in [0.1, 0.15) is 13.8 Å². The molecule has 2 heterocycles. The molecule has 0 spiro atoms. The first kappa shape index (κ1) is 11.2. The fourth-order valence-corrected chi connectivity index (χ4v) is 0.906. The van der Waals surface area contributed by atoms with Gasteiger partial charge in [-0.25, -0.2) is 4.98 Å². The summed E-state index contributed by atoms with van der Waals surface area (Å²) in [5.74, 6) is -0.793. The predicted octanol–water partition coefficient (Wildman–Crippen LogP) is 1.97. The van der Waals surface area contributed by atoms with E-state index in [9.17, 15) is 8.78 Å². The molecule has 0 aliphatic rings. The molecule has 0 radical (unpaired) electrons. The minimum absolute atomic E-state index is 0.113. The molecule has 0 N–H and O–H groups in total. The van der Waals surface area contributed by atoms with E-state index >= 15 is 0 Å². The zero-order valence-electron chi connectivity index (χ0n) is 8.35. The summed E-state index contributed by atoms with van der Waals surface area (Å²) in [4.78, 5) is 9.96. The summed E-state index contributed by atoms with van der Waals surface area (Å²) in [5.41, 5.74) is 0. The lowest BCUT2D eigenvalue weighted by Crippen LogP contribution is -2.01. The van der Waals surface area contributed by atoms with Gasteiger partial charge in [0.2, 0.25) is 5.95 Å². The van der Waals surface area contributed by atoms with Crippen LogP contribution in [-0.4, -0.2) is 19.5 Å². The Labute approximate surface area is 85.6 Å². The van der Waals surface area contributed by atoms with Crippen LogP contribution in [0.15, 0.2) is 24.8 Å². The van der Waals surface area contributed by atoms with Gasteiger partial charge in [-0.3, -0.25) is 4.57 Å². The maximum absolute atomic E-state index is 12.6. The second-order valence-electron chi connectivity index (χ2n) is 2.29. The van der Waals surface area contributed by atoms with Crippen molar-refractivity contribution in [2.45, 2.75) is 13.8 Å². The molecule has 80 valence electrons. The van der Waals surface area contributed by atoms with Crippen molar-refractivity contribution in [1.29, 1.82) is 0 Å². The number of aromatic nitrogens is 4. The van der Waals surface area contributed by atoms with Crippen molar-refractivity contribution in [3.05, 3.63) is 36.8 Å². The van der Waals surface area contributed by atoms with Gasteiger partial charge in [-0.2, -0.15) is 18.7 Å². The molecule has 0 fully saturated rings. The van der Waals surface area contributed by atoms with Gasteiger partial charge in [-0.15, -0.1) is 0 Å². The molecule has 0 amide bonds. The summed E-state index contributed by atoms with van der Waals surface area (Å²) in [6.07, 6.45) is 3.31. The Morgan fingerprint density at radius 3 is 2.47 bits per heavy atom. The Morgan fingerprint density at radius 2 is 1.93 bits per heavy atom. The Balaban J connectivity index is 0.000000531. The third-order valence-electron chi connectivity index (χ3n) is 1.42. The summed E-state index contributed by atoms with van der Waals surface area (Å²) in [7, 11) is 0. The Hall–Kier alpha value is -1.85. The minimum atomic E-state index is -1.09. The minimum Gasteiger partial charge on any atom is -0.290 e. The number of hydrogen-bond acceptors (Lipinski definition) is 3. The van der Waals surface area contributed by atoms with Crippen molar-refractivity contribution >= 4 is 0 Å². The number of imidazole rings is 1. The van der Waals surface area contributed by atoms with Crippen LogP contribution in [0.2, 0.25) is 0 Å². The van der Waals surface area contributed by atoms with E-state index in [-0.39, 0.29) is 5.82 Å². The van der Waals surface area contributed by atoms with Gasteiger partial charge >= 0.3 is 6.08 Å². The molecule has 0 saturated heterocycles. The smallest absolute Gasteiger partial charge is 0.290 e. The highest BCUT2D eigenvalue weighted by molar-refractivity contribution is 5.19. The average Bonchev–Trinajstić information content (AvgIpc) is 2.72. The molecule has 2 aromatic rings. The Bertz CT molecular complexity index is 394. The number of halogens is 2. The van der Waals surface area contributed by atoms with E-state index in [1.165, 1.54) is 23.3 Å². The molecular formula is C9H10F2N4. The lowest BCUT2D eigenvalue weighted by atomic mass is 10.5. The topological polar surface area (TPSA) is 43.6 Å². The monoisotopic (exact) mass is 212 g/mol.